The van der Waals surface area contributed by atoms with Gasteiger partial charge >= 0.3 is 12.2 Å². The standard InChI is InChI=1S/C31H30F3N7O/c1-18-38-27(28-29(35)37-17-22(41(18)28)15-19-11-13-36-14-12-19)25-9-10-26(24-8-3-2-7-23(24)25)40-30(42)39-21-6-4-5-20(16-21)31(32,33)34/h2-10,16-17,19,36H,11-15H2,1H3,(H2,35,37)(H2,39,40,42). The fraction of sp³-hybridized carbons (Fsp3) is 0.258. The van der Waals surface area contributed by atoms with Gasteiger partial charge in [0.05, 0.1) is 11.3 Å². The number of hydrogen-bond donors (Lipinski definition) is 4. The van der Waals surface area contributed by atoms with Crippen LogP contribution in [-0.2, 0) is 12.6 Å². The molecule has 1 saturated heterocycles. The van der Waals surface area contributed by atoms with Crippen molar-refractivity contribution in [2.45, 2.75) is 32.4 Å². The van der Waals surface area contributed by atoms with Crippen molar-refractivity contribution in [3.8, 4) is 11.3 Å². The highest BCUT2D eigenvalue weighted by atomic mass is 19.4. The van der Waals surface area contributed by atoms with Gasteiger partial charge in [-0.2, -0.15) is 13.2 Å². The number of hydrogen-bond acceptors (Lipinski definition) is 5. The summed E-state index contributed by atoms with van der Waals surface area (Å²) in [6.07, 6.45) is 0.423. The van der Waals surface area contributed by atoms with Gasteiger partial charge in [-0.3, -0.25) is 4.40 Å². The largest absolute Gasteiger partial charge is 0.416 e. The molecule has 1 aliphatic heterocycles. The maximum atomic E-state index is 13.1. The molecule has 3 aromatic carbocycles. The van der Waals surface area contributed by atoms with Gasteiger partial charge in [-0.25, -0.2) is 14.8 Å². The molecular formula is C31H30F3N7O. The van der Waals surface area contributed by atoms with E-state index >= 15 is 0 Å². The molecule has 0 aliphatic carbocycles. The molecule has 0 bridgehead atoms. The number of carbonyl (C=O) groups is 1. The van der Waals surface area contributed by atoms with Crippen LogP contribution in [0.1, 0.15) is 29.9 Å². The number of rotatable bonds is 5. The van der Waals surface area contributed by atoms with E-state index in [4.69, 9.17) is 10.7 Å². The summed E-state index contributed by atoms with van der Waals surface area (Å²) in [6.45, 7) is 3.97. The van der Waals surface area contributed by atoms with Crippen LogP contribution < -0.4 is 21.7 Å². The monoisotopic (exact) mass is 573 g/mol. The van der Waals surface area contributed by atoms with E-state index in [0.717, 1.165) is 77.9 Å². The van der Waals surface area contributed by atoms with Gasteiger partial charge < -0.3 is 21.7 Å². The lowest BCUT2D eigenvalue weighted by atomic mass is 9.93. The first kappa shape index (κ1) is 27.5. The number of nitrogens with two attached hydrogens (primary N) is 1. The zero-order chi connectivity index (χ0) is 29.4. The topological polar surface area (TPSA) is 109 Å². The van der Waals surface area contributed by atoms with Crippen molar-refractivity contribution >= 4 is 39.5 Å². The van der Waals surface area contributed by atoms with Gasteiger partial charge in [0.1, 0.15) is 22.9 Å². The van der Waals surface area contributed by atoms with E-state index < -0.39 is 17.8 Å². The van der Waals surface area contributed by atoms with Crippen molar-refractivity contribution in [3.05, 3.63) is 83.9 Å². The summed E-state index contributed by atoms with van der Waals surface area (Å²) < 4.78 is 41.4. The predicted molar refractivity (Wildman–Crippen MR) is 158 cm³/mol. The van der Waals surface area contributed by atoms with E-state index in [9.17, 15) is 18.0 Å². The van der Waals surface area contributed by atoms with Gasteiger partial charge in [0.2, 0.25) is 0 Å². The average molecular weight is 574 g/mol. The van der Waals surface area contributed by atoms with Crippen molar-refractivity contribution in [2.24, 2.45) is 5.92 Å². The number of piperidine rings is 1. The highest BCUT2D eigenvalue weighted by Crippen LogP contribution is 2.37. The number of imidazole rings is 1. The highest BCUT2D eigenvalue weighted by molar-refractivity contribution is 6.10. The summed E-state index contributed by atoms with van der Waals surface area (Å²) in [4.78, 5) is 22.3. The van der Waals surface area contributed by atoms with Crippen LogP contribution in [0.15, 0.2) is 66.9 Å². The number of halogens is 3. The molecule has 5 N–H and O–H groups in total. The van der Waals surface area contributed by atoms with E-state index in [2.05, 4.69) is 25.3 Å². The second kappa shape index (κ2) is 11.0. The predicted octanol–water partition coefficient (Wildman–Crippen LogP) is 6.65. The molecular weight excluding hydrogens is 543 g/mol. The van der Waals surface area contributed by atoms with Crippen LogP contribution in [0.25, 0.3) is 27.5 Å². The molecule has 5 aromatic rings. The lowest BCUT2D eigenvalue weighted by Gasteiger charge is -2.23. The average Bonchev–Trinajstić information content (AvgIpc) is 3.33. The smallest absolute Gasteiger partial charge is 0.382 e. The maximum Gasteiger partial charge on any atom is 0.416 e. The molecule has 2 aromatic heterocycles. The molecule has 42 heavy (non-hydrogen) atoms. The SMILES string of the molecule is Cc1nc(-c2ccc(NC(=O)Nc3cccc(C(F)(F)F)c3)c3ccccc23)c2c(N)ncc(CC3CCNCC3)n12. The molecule has 2 amide bonds. The first-order valence-corrected chi connectivity index (χ1v) is 13.8. The summed E-state index contributed by atoms with van der Waals surface area (Å²) in [6, 6.07) is 15.0. The number of anilines is 3. The number of nitrogens with zero attached hydrogens (tertiary/aromatic N) is 3. The van der Waals surface area contributed by atoms with Crippen LogP contribution in [0.2, 0.25) is 0 Å². The van der Waals surface area contributed by atoms with Crippen LogP contribution in [0.5, 0.6) is 0 Å². The highest BCUT2D eigenvalue weighted by Gasteiger charge is 2.30. The zero-order valence-electron chi connectivity index (χ0n) is 22.9. The molecule has 0 unspecified atom stereocenters. The van der Waals surface area contributed by atoms with Crippen molar-refractivity contribution < 1.29 is 18.0 Å². The first-order chi connectivity index (χ1) is 20.2. The number of fused-ring (bicyclic) bond motifs is 2. The number of nitrogens with one attached hydrogen (secondary N) is 3. The molecule has 1 fully saturated rings. The van der Waals surface area contributed by atoms with Crippen LogP contribution in [0.3, 0.4) is 0 Å². The summed E-state index contributed by atoms with van der Waals surface area (Å²) in [7, 11) is 0. The molecule has 6 rings (SSSR count). The summed E-state index contributed by atoms with van der Waals surface area (Å²) >= 11 is 0. The van der Waals surface area contributed by atoms with Crippen molar-refractivity contribution in [1.29, 1.82) is 0 Å². The van der Waals surface area contributed by atoms with Gasteiger partial charge in [0.15, 0.2) is 0 Å². The molecule has 1 aliphatic rings. The zero-order valence-corrected chi connectivity index (χ0v) is 22.9. The Morgan fingerprint density at radius 3 is 2.57 bits per heavy atom. The molecule has 0 atom stereocenters. The molecule has 3 heterocycles. The van der Waals surface area contributed by atoms with Crippen LogP contribution >= 0.6 is 0 Å². The Morgan fingerprint density at radius 1 is 1.05 bits per heavy atom. The Morgan fingerprint density at radius 2 is 1.81 bits per heavy atom. The number of carbonyl (C=O) groups excluding carboxylic acids is 1. The fourth-order valence-electron chi connectivity index (χ4n) is 5.77. The van der Waals surface area contributed by atoms with Crippen LogP contribution in [-0.4, -0.2) is 33.5 Å². The Kier molecular flexibility index (Phi) is 7.19. The van der Waals surface area contributed by atoms with Crippen molar-refractivity contribution in [1.82, 2.24) is 19.7 Å². The Labute approximate surface area is 240 Å². The second-order valence-electron chi connectivity index (χ2n) is 10.6. The van der Waals surface area contributed by atoms with Crippen molar-refractivity contribution in [2.75, 3.05) is 29.5 Å². The third kappa shape index (κ3) is 5.35. The normalized spacial score (nSPS) is 14.4. The van der Waals surface area contributed by atoms with Gasteiger partial charge in [0.25, 0.3) is 0 Å². The van der Waals surface area contributed by atoms with Gasteiger partial charge in [-0.15, -0.1) is 0 Å². The fourth-order valence-corrected chi connectivity index (χ4v) is 5.77. The number of amides is 2. The Balaban J connectivity index is 1.34. The van der Waals surface area contributed by atoms with E-state index in [-0.39, 0.29) is 5.69 Å². The third-order valence-corrected chi connectivity index (χ3v) is 7.76. The van der Waals surface area contributed by atoms with Crippen molar-refractivity contribution in [3.63, 3.8) is 0 Å². The third-order valence-electron chi connectivity index (χ3n) is 7.76. The first-order valence-electron chi connectivity index (χ1n) is 13.8. The molecule has 11 heteroatoms. The Hall–Kier alpha value is -4.64. The number of benzene rings is 3. The number of aromatic nitrogens is 3. The maximum absolute atomic E-state index is 13.1. The van der Waals surface area contributed by atoms with E-state index in [1.807, 2.05) is 43.5 Å². The summed E-state index contributed by atoms with van der Waals surface area (Å²) in [5, 5.41) is 10.3. The van der Waals surface area contributed by atoms with Gasteiger partial charge in [-0.05, 0) is 74.8 Å². The van der Waals surface area contributed by atoms with E-state index in [1.165, 1.54) is 12.1 Å². The minimum atomic E-state index is -4.51. The summed E-state index contributed by atoms with van der Waals surface area (Å²) in [5.74, 6) is 1.74. The van der Waals surface area contributed by atoms with Gasteiger partial charge in [0, 0.05) is 28.5 Å². The number of alkyl halides is 3. The number of aryl methyl sites for hydroxylation is 1. The molecule has 8 nitrogen and oxygen atoms in total. The van der Waals surface area contributed by atoms with Crippen LogP contribution in [0.4, 0.5) is 35.2 Å². The quantitative estimate of drug-likeness (QED) is 0.188. The molecule has 0 radical (unpaired) electrons. The van der Waals surface area contributed by atoms with E-state index in [0.29, 0.717) is 23.1 Å². The molecule has 216 valence electrons. The van der Waals surface area contributed by atoms with E-state index in [1.54, 1.807) is 6.07 Å². The number of nitrogen functional groups attached to an aromatic ring is 1. The minimum absolute atomic E-state index is 0.0338. The second-order valence-corrected chi connectivity index (χ2v) is 10.6. The molecule has 0 saturated carbocycles. The number of urea groups is 1. The van der Waals surface area contributed by atoms with Crippen LogP contribution in [0, 0.1) is 12.8 Å². The summed E-state index contributed by atoms with van der Waals surface area (Å²) in [5.41, 5.74) is 9.46. The molecule has 0 spiro atoms. The van der Waals surface area contributed by atoms with Gasteiger partial charge in [-0.1, -0.05) is 36.4 Å². The lowest BCUT2D eigenvalue weighted by molar-refractivity contribution is -0.137. The Bertz CT molecular complexity index is 1790. The minimum Gasteiger partial charge on any atom is -0.382 e. The lowest BCUT2D eigenvalue weighted by Crippen LogP contribution is -2.29.